The summed E-state index contributed by atoms with van der Waals surface area (Å²) in [6, 6.07) is 6.32. The van der Waals surface area contributed by atoms with Gasteiger partial charge >= 0.3 is 5.97 Å². The van der Waals surface area contributed by atoms with E-state index in [4.69, 9.17) is 4.74 Å². The molecular formula is C16H17BrO2. The standard InChI is InChI=1S/C16H17BrO2/c1-10-5-13-9-19-15(18)16(13,7-10)8-12-4-3-11(2)14(17)6-12/h3-4,6,13H,1,5,7-9H2,2H3. The van der Waals surface area contributed by atoms with Crippen molar-refractivity contribution < 1.29 is 9.53 Å². The van der Waals surface area contributed by atoms with E-state index in [9.17, 15) is 4.79 Å². The molecule has 0 spiro atoms. The number of rotatable bonds is 2. The van der Waals surface area contributed by atoms with Gasteiger partial charge in [0.15, 0.2) is 0 Å². The van der Waals surface area contributed by atoms with Crippen LogP contribution in [0, 0.1) is 18.3 Å². The van der Waals surface area contributed by atoms with Crippen molar-refractivity contribution in [2.24, 2.45) is 11.3 Å². The van der Waals surface area contributed by atoms with Crippen LogP contribution in [0.1, 0.15) is 24.0 Å². The van der Waals surface area contributed by atoms with Crippen LogP contribution in [0.3, 0.4) is 0 Å². The minimum atomic E-state index is -0.355. The van der Waals surface area contributed by atoms with E-state index in [1.165, 1.54) is 16.7 Å². The second-order valence-corrected chi connectivity index (χ2v) is 6.70. The maximum atomic E-state index is 12.2. The lowest BCUT2D eigenvalue weighted by molar-refractivity contribution is -0.146. The zero-order valence-corrected chi connectivity index (χ0v) is 12.6. The molecule has 1 aliphatic heterocycles. The van der Waals surface area contributed by atoms with Gasteiger partial charge in [0.25, 0.3) is 0 Å². The van der Waals surface area contributed by atoms with Crippen LogP contribution in [0.2, 0.25) is 0 Å². The number of carbonyl (C=O) groups is 1. The molecule has 0 N–H and O–H groups in total. The Labute approximate surface area is 122 Å². The second kappa shape index (κ2) is 4.48. The van der Waals surface area contributed by atoms with Crippen molar-refractivity contribution in [2.45, 2.75) is 26.2 Å². The summed E-state index contributed by atoms with van der Waals surface area (Å²) in [6.45, 7) is 6.70. The van der Waals surface area contributed by atoms with Crippen LogP contribution in [0.15, 0.2) is 34.8 Å². The van der Waals surface area contributed by atoms with Crippen molar-refractivity contribution >= 4 is 21.9 Å². The minimum Gasteiger partial charge on any atom is -0.465 e. The Bertz CT molecular complexity index is 564. The molecule has 3 rings (SSSR count). The van der Waals surface area contributed by atoms with Gasteiger partial charge in [0.05, 0.1) is 12.0 Å². The first-order valence-corrected chi connectivity index (χ1v) is 7.39. The van der Waals surface area contributed by atoms with Crippen LogP contribution in [-0.4, -0.2) is 12.6 Å². The summed E-state index contributed by atoms with van der Waals surface area (Å²) < 4.78 is 6.40. The molecule has 1 heterocycles. The van der Waals surface area contributed by atoms with Gasteiger partial charge in [0.2, 0.25) is 0 Å². The fraction of sp³-hybridized carbons (Fsp3) is 0.438. The van der Waals surface area contributed by atoms with E-state index in [0.717, 1.165) is 23.7 Å². The quantitative estimate of drug-likeness (QED) is 0.612. The third-order valence-electron chi connectivity index (χ3n) is 4.46. The molecule has 0 bridgehead atoms. The Morgan fingerprint density at radius 3 is 3.05 bits per heavy atom. The molecule has 3 heteroatoms. The number of cyclic esters (lactones) is 1. The van der Waals surface area contributed by atoms with E-state index in [1.807, 2.05) is 0 Å². The maximum Gasteiger partial charge on any atom is 0.313 e. The Morgan fingerprint density at radius 1 is 1.53 bits per heavy atom. The molecule has 1 saturated heterocycles. The van der Waals surface area contributed by atoms with Gasteiger partial charge in [-0.1, -0.05) is 40.2 Å². The second-order valence-electron chi connectivity index (χ2n) is 5.84. The van der Waals surface area contributed by atoms with Crippen LogP contribution < -0.4 is 0 Å². The molecule has 1 aliphatic carbocycles. The molecule has 1 saturated carbocycles. The number of fused-ring (bicyclic) bond motifs is 1. The fourth-order valence-corrected chi connectivity index (χ4v) is 3.80. The number of allylic oxidation sites excluding steroid dienone is 1. The molecule has 2 fully saturated rings. The van der Waals surface area contributed by atoms with Gasteiger partial charge in [-0.3, -0.25) is 4.79 Å². The lowest BCUT2D eigenvalue weighted by atomic mass is 9.75. The SMILES string of the molecule is C=C1CC2COC(=O)C2(Cc2ccc(C)c(Br)c2)C1. The molecule has 1 aromatic rings. The summed E-state index contributed by atoms with van der Waals surface area (Å²) in [4.78, 5) is 12.2. The number of halogens is 1. The molecule has 2 unspecified atom stereocenters. The fourth-order valence-electron chi connectivity index (χ4n) is 3.37. The topological polar surface area (TPSA) is 26.3 Å². The highest BCUT2D eigenvalue weighted by Gasteiger charge is 2.55. The highest BCUT2D eigenvalue weighted by molar-refractivity contribution is 9.10. The number of aryl methyl sites for hydroxylation is 1. The number of benzene rings is 1. The van der Waals surface area contributed by atoms with Crippen molar-refractivity contribution in [2.75, 3.05) is 6.61 Å². The maximum absolute atomic E-state index is 12.2. The average Bonchev–Trinajstić information content (AvgIpc) is 2.81. The number of hydrogen-bond acceptors (Lipinski definition) is 2. The van der Waals surface area contributed by atoms with Crippen molar-refractivity contribution in [1.82, 2.24) is 0 Å². The first-order chi connectivity index (χ1) is 9.01. The molecule has 2 aliphatic rings. The first-order valence-electron chi connectivity index (χ1n) is 6.60. The smallest absolute Gasteiger partial charge is 0.313 e. The summed E-state index contributed by atoms with van der Waals surface area (Å²) in [7, 11) is 0. The van der Waals surface area contributed by atoms with Crippen molar-refractivity contribution in [3.05, 3.63) is 46.0 Å². The van der Waals surface area contributed by atoms with E-state index in [1.54, 1.807) is 0 Å². The molecular weight excluding hydrogens is 304 g/mol. The van der Waals surface area contributed by atoms with E-state index in [2.05, 4.69) is 47.6 Å². The summed E-state index contributed by atoms with van der Waals surface area (Å²) in [5, 5.41) is 0. The van der Waals surface area contributed by atoms with Crippen LogP contribution in [-0.2, 0) is 16.0 Å². The molecule has 100 valence electrons. The lowest BCUT2D eigenvalue weighted by Crippen LogP contribution is -2.31. The molecule has 2 nitrogen and oxygen atoms in total. The number of ether oxygens (including phenoxy) is 1. The van der Waals surface area contributed by atoms with E-state index < -0.39 is 0 Å². The molecule has 0 radical (unpaired) electrons. The predicted molar refractivity (Wildman–Crippen MR) is 77.8 cm³/mol. The average molecular weight is 321 g/mol. The van der Waals surface area contributed by atoms with Gasteiger partial charge in [-0.05, 0) is 43.4 Å². The Hall–Kier alpha value is -1.09. The van der Waals surface area contributed by atoms with E-state index in [0.29, 0.717) is 12.5 Å². The van der Waals surface area contributed by atoms with Crippen molar-refractivity contribution in [3.8, 4) is 0 Å². The van der Waals surface area contributed by atoms with Crippen LogP contribution >= 0.6 is 15.9 Å². The molecule has 0 amide bonds. The lowest BCUT2D eigenvalue weighted by Gasteiger charge is -2.24. The van der Waals surface area contributed by atoms with Gasteiger partial charge < -0.3 is 4.74 Å². The molecule has 19 heavy (non-hydrogen) atoms. The summed E-state index contributed by atoms with van der Waals surface area (Å²) in [6.07, 6.45) is 2.47. The normalized spacial score (nSPS) is 29.5. The summed E-state index contributed by atoms with van der Waals surface area (Å²) in [5.74, 6) is 0.278. The number of hydrogen-bond donors (Lipinski definition) is 0. The van der Waals surface area contributed by atoms with Gasteiger partial charge in [0, 0.05) is 10.4 Å². The molecule has 2 atom stereocenters. The third-order valence-corrected chi connectivity index (χ3v) is 5.31. The Kier molecular flexibility index (Phi) is 3.05. The number of esters is 1. The van der Waals surface area contributed by atoms with Crippen LogP contribution in [0.4, 0.5) is 0 Å². The summed E-state index contributed by atoms with van der Waals surface area (Å²) >= 11 is 3.56. The van der Waals surface area contributed by atoms with Crippen LogP contribution in [0.25, 0.3) is 0 Å². The minimum absolute atomic E-state index is 0.0344. The zero-order valence-electron chi connectivity index (χ0n) is 11.0. The van der Waals surface area contributed by atoms with Crippen LogP contribution in [0.5, 0.6) is 0 Å². The van der Waals surface area contributed by atoms with Gasteiger partial charge in [0.1, 0.15) is 0 Å². The summed E-state index contributed by atoms with van der Waals surface area (Å²) in [5.41, 5.74) is 3.23. The highest BCUT2D eigenvalue weighted by Crippen LogP contribution is 2.52. The van der Waals surface area contributed by atoms with Gasteiger partial charge in [-0.15, -0.1) is 0 Å². The van der Waals surface area contributed by atoms with Crippen molar-refractivity contribution in [1.29, 1.82) is 0 Å². The van der Waals surface area contributed by atoms with Gasteiger partial charge in [-0.2, -0.15) is 0 Å². The monoisotopic (exact) mass is 320 g/mol. The highest BCUT2D eigenvalue weighted by atomic mass is 79.9. The van der Waals surface area contributed by atoms with E-state index in [-0.39, 0.29) is 11.4 Å². The third kappa shape index (κ3) is 2.04. The van der Waals surface area contributed by atoms with E-state index >= 15 is 0 Å². The predicted octanol–water partition coefficient (Wildman–Crippen LogP) is 3.81. The largest absolute Gasteiger partial charge is 0.465 e. The zero-order chi connectivity index (χ0) is 13.6. The first kappa shape index (κ1) is 12.9. The molecule has 0 aromatic heterocycles. The Balaban J connectivity index is 1.93. The van der Waals surface area contributed by atoms with Crippen molar-refractivity contribution in [3.63, 3.8) is 0 Å². The molecule has 1 aromatic carbocycles. The van der Waals surface area contributed by atoms with Gasteiger partial charge in [-0.25, -0.2) is 0 Å². The number of carbonyl (C=O) groups excluding carboxylic acids is 1. The Morgan fingerprint density at radius 2 is 2.32 bits per heavy atom.